The van der Waals surface area contributed by atoms with Crippen LogP contribution in [0.4, 0.5) is 11.5 Å². The predicted molar refractivity (Wildman–Crippen MR) is 144 cm³/mol. The Morgan fingerprint density at radius 1 is 0.889 bits per heavy atom. The number of anilines is 2. The van der Waals surface area contributed by atoms with E-state index in [1.807, 2.05) is 62.4 Å². The van der Waals surface area contributed by atoms with Gasteiger partial charge in [0.15, 0.2) is 5.16 Å². The third kappa shape index (κ3) is 4.81. The third-order valence-corrected chi connectivity index (χ3v) is 6.91. The fraction of sp³-hybridized carbons (Fsp3) is 0.143. The minimum Gasteiger partial charge on any atom is -0.443 e. The van der Waals surface area contributed by atoms with Gasteiger partial charge in [0, 0.05) is 16.8 Å². The highest BCUT2D eigenvalue weighted by Gasteiger charge is 2.22. The number of nitrogens with one attached hydrogen (secondary N) is 2. The topological polar surface area (TPSA) is 97.1 Å². The van der Waals surface area contributed by atoms with Crippen molar-refractivity contribution >= 4 is 57.0 Å². The number of hydrogen-bond donors (Lipinski definition) is 2. The number of carbonyl (C=O) groups is 2. The van der Waals surface area contributed by atoms with Crippen molar-refractivity contribution in [2.75, 3.05) is 10.6 Å². The molecule has 36 heavy (non-hydrogen) atoms. The maximum absolute atomic E-state index is 12.9. The minimum absolute atomic E-state index is 0.180. The monoisotopic (exact) mass is 496 g/mol. The van der Waals surface area contributed by atoms with Crippen LogP contribution in [-0.2, 0) is 4.79 Å². The van der Waals surface area contributed by atoms with E-state index < -0.39 is 5.25 Å². The average molecular weight is 497 g/mol. The van der Waals surface area contributed by atoms with Crippen LogP contribution in [0, 0.1) is 13.8 Å². The van der Waals surface area contributed by atoms with Gasteiger partial charge in [0.25, 0.3) is 5.91 Å². The van der Waals surface area contributed by atoms with Crippen molar-refractivity contribution < 1.29 is 14.0 Å². The molecule has 0 saturated carbocycles. The van der Waals surface area contributed by atoms with Crippen LogP contribution < -0.4 is 10.6 Å². The fourth-order valence-electron chi connectivity index (χ4n) is 3.87. The van der Waals surface area contributed by atoms with E-state index in [0.29, 0.717) is 33.4 Å². The smallest absolute Gasteiger partial charge is 0.256 e. The summed E-state index contributed by atoms with van der Waals surface area (Å²) in [6.45, 7) is 5.52. The standard InChI is InChI=1S/C28H24N4O3S/c1-16-17(2)35-27-23(16)24(30-26(34)20-10-5-4-6-11-20)31-28(32-27)36-18(3)25(33)29-22-14-13-19-9-7-8-12-21(19)15-22/h4-15,18H,1-3H3,(H,29,33)(H,30,31,32,34). The zero-order valence-electron chi connectivity index (χ0n) is 20.0. The van der Waals surface area contributed by atoms with Crippen molar-refractivity contribution in [2.45, 2.75) is 31.2 Å². The summed E-state index contributed by atoms with van der Waals surface area (Å²) in [5, 5.41) is 8.49. The Kier molecular flexibility index (Phi) is 6.43. The number of aryl methyl sites for hydroxylation is 2. The van der Waals surface area contributed by atoms with E-state index in [9.17, 15) is 9.59 Å². The number of aromatic nitrogens is 2. The summed E-state index contributed by atoms with van der Waals surface area (Å²) in [7, 11) is 0. The Morgan fingerprint density at radius 3 is 2.39 bits per heavy atom. The Morgan fingerprint density at radius 2 is 1.61 bits per heavy atom. The van der Waals surface area contributed by atoms with E-state index in [4.69, 9.17) is 4.42 Å². The molecule has 5 rings (SSSR count). The van der Waals surface area contributed by atoms with Crippen molar-refractivity contribution in [1.29, 1.82) is 0 Å². The molecule has 8 heteroatoms. The summed E-state index contributed by atoms with van der Waals surface area (Å²) in [5.74, 6) is 0.583. The Labute approximate surface area is 212 Å². The Balaban J connectivity index is 1.38. The number of nitrogens with zero attached hydrogens (tertiary/aromatic N) is 2. The van der Waals surface area contributed by atoms with E-state index in [0.717, 1.165) is 22.0 Å². The second-order valence-electron chi connectivity index (χ2n) is 8.45. The summed E-state index contributed by atoms with van der Waals surface area (Å²) in [4.78, 5) is 34.9. The van der Waals surface area contributed by atoms with Gasteiger partial charge in [-0.15, -0.1) is 0 Å². The zero-order valence-corrected chi connectivity index (χ0v) is 20.8. The molecule has 0 bridgehead atoms. The van der Waals surface area contributed by atoms with Gasteiger partial charge in [0.1, 0.15) is 11.6 Å². The van der Waals surface area contributed by atoms with Crippen LogP contribution >= 0.6 is 11.8 Å². The second-order valence-corrected chi connectivity index (χ2v) is 9.76. The summed E-state index contributed by atoms with van der Waals surface area (Å²) in [6, 6.07) is 22.7. The second kappa shape index (κ2) is 9.83. The lowest BCUT2D eigenvalue weighted by molar-refractivity contribution is -0.115. The van der Waals surface area contributed by atoms with Crippen LogP contribution in [0.2, 0.25) is 0 Å². The number of fused-ring (bicyclic) bond motifs is 2. The predicted octanol–water partition coefficient (Wildman–Crippen LogP) is 6.36. The van der Waals surface area contributed by atoms with E-state index in [1.54, 1.807) is 31.2 Å². The van der Waals surface area contributed by atoms with Gasteiger partial charge in [-0.2, -0.15) is 4.98 Å². The number of hydrogen-bond acceptors (Lipinski definition) is 6. The summed E-state index contributed by atoms with van der Waals surface area (Å²) < 4.78 is 5.83. The molecule has 2 amide bonds. The van der Waals surface area contributed by atoms with Crippen molar-refractivity contribution in [3.05, 3.63) is 89.7 Å². The van der Waals surface area contributed by atoms with Crippen molar-refractivity contribution in [1.82, 2.24) is 9.97 Å². The number of benzene rings is 3. The van der Waals surface area contributed by atoms with E-state index in [1.165, 1.54) is 11.8 Å². The fourth-order valence-corrected chi connectivity index (χ4v) is 4.63. The van der Waals surface area contributed by atoms with Crippen molar-refractivity contribution in [3.63, 3.8) is 0 Å². The molecule has 7 nitrogen and oxygen atoms in total. The van der Waals surface area contributed by atoms with Crippen LogP contribution in [0.3, 0.4) is 0 Å². The van der Waals surface area contributed by atoms with Crippen LogP contribution in [-0.4, -0.2) is 27.0 Å². The average Bonchev–Trinajstić information content (AvgIpc) is 3.17. The highest BCUT2D eigenvalue weighted by molar-refractivity contribution is 8.00. The molecule has 5 aromatic rings. The molecule has 0 fully saturated rings. The number of rotatable bonds is 6. The van der Waals surface area contributed by atoms with Crippen LogP contribution in [0.15, 0.2) is 82.4 Å². The van der Waals surface area contributed by atoms with Crippen molar-refractivity contribution in [2.24, 2.45) is 0 Å². The molecule has 0 aliphatic carbocycles. The quantitative estimate of drug-likeness (QED) is 0.210. The summed E-state index contributed by atoms with van der Waals surface area (Å²) >= 11 is 1.20. The molecular weight excluding hydrogens is 472 g/mol. The summed E-state index contributed by atoms with van der Waals surface area (Å²) in [6.07, 6.45) is 0. The molecule has 3 aromatic carbocycles. The van der Waals surface area contributed by atoms with E-state index in [-0.39, 0.29) is 11.8 Å². The Hall–Kier alpha value is -4.17. The Bertz CT molecular complexity index is 1600. The van der Waals surface area contributed by atoms with Gasteiger partial charge in [0.2, 0.25) is 11.6 Å². The molecule has 0 aliphatic rings. The molecule has 2 aromatic heterocycles. The van der Waals surface area contributed by atoms with Crippen molar-refractivity contribution in [3.8, 4) is 0 Å². The molecule has 1 unspecified atom stereocenters. The molecule has 0 aliphatic heterocycles. The van der Waals surface area contributed by atoms with Crippen LogP contribution in [0.25, 0.3) is 21.9 Å². The largest absolute Gasteiger partial charge is 0.443 e. The number of carbonyl (C=O) groups excluding carboxylic acids is 2. The van der Waals surface area contributed by atoms with Crippen LogP contribution in [0.1, 0.15) is 28.6 Å². The third-order valence-electron chi connectivity index (χ3n) is 5.94. The SMILES string of the molecule is Cc1oc2nc(SC(C)C(=O)Nc3ccc4ccccc4c3)nc(NC(=O)c3ccccc3)c2c1C. The molecule has 0 radical (unpaired) electrons. The molecule has 1 atom stereocenters. The van der Waals surface area contributed by atoms with Crippen LogP contribution in [0.5, 0.6) is 0 Å². The lowest BCUT2D eigenvalue weighted by Gasteiger charge is -2.13. The number of furan rings is 1. The first-order valence-electron chi connectivity index (χ1n) is 11.5. The van der Waals surface area contributed by atoms with Gasteiger partial charge < -0.3 is 15.1 Å². The van der Waals surface area contributed by atoms with Gasteiger partial charge in [0.05, 0.1) is 10.6 Å². The normalized spacial score (nSPS) is 12.0. The zero-order chi connectivity index (χ0) is 25.2. The van der Waals surface area contributed by atoms with E-state index >= 15 is 0 Å². The highest BCUT2D eigenvalue weighted by Crippen LogP contribution is 2.32. The van der Waals surface area contributed by atoms with Gasteiger partial charge in [-0.1, -0.05) is 60.3 Å². The molecule has 2 N–H and O–H groups in total. The van der Waals surface area contributed by atoms with E-state index in [2.05, 4.69) is 20.6 Å². The molecule has 2 heterocycles. The van der Waals surface area contributed by atoms with Gasteiger partial charge >= 0.3 is 0 Å². The first-order valence-corrected chi connectivity index (χ1v) is 12.4. The molecule has 180 valence electrons. The lowest BCUT2D eigenvalue weighted by atomic mass is 10.1. The molecule has 0 saturated heterocycles. The minimum atomic E-state index is -0.497. The molecular formula is C28H24N4O3S. The summed E-state index contributed by atoms with van der Waals surface area (Å²) in [5.41, 5.74) is 2.45. The highest BCUT2D eigenvalue weighted by atomic mass is 32.2. The number of thioether (sulfide) groups is 1. The maximum atomic E-state index is 12.9. The molecule has 0 spiro atoms. The van der Waals surface area contributed by atoms with Gasteiger partial charge in [-0.05, 0) is 55.8 Å². The van der Waals surface area contributed by atoms with Gasteiger partial charge in [-0.25, -0.2) is 4.98 Å². The maximum Gasteiger partial charge on any atom is 0.256 e. The first-order chi connectivity index (χ1) is 17.4. The first kappa shape index (κ1) is 23.6. The lowest BCUT2D eigenvalue weighted by Crippen LogP contribution is -2.22. The van der Waals surface area contributed by atoms with Gasteiger partial charge in [-0.3, -0.25) is 9.59 Å². The number of amides is 2.